The molecule has 0 fully saturated rings. The van der Waals surface area contributed by atoms with Gasteiger partial charge in [-0.2, -0.15) is 0 Å². The molecule has 3 aromatic rings. The Morgan fingerprint density at radius 1 is 1.20 bits per heavy atom. The number of anilines is 1. The molecule has 3 rings (SSSR count). The van der Waals surface area contributed by atoms with Crippen molar-refractivity contribution in [2.75, 3.05) is 12.8 Å². The number of benzene rings is 1. The summed E-state index contributed by atoms with van der Waals surface area (Å²) in [6.45, 7) is 1.86. The van der Waals surface area contributed by atoms with Crippen LogP contribution in [0.4, 0.5) is 10.3 Å². The van der Waals surface area contributed by atoms with Gasteiger partial charge in [0.2, 0.25) is 5.95 Å². The highest BCUT2D eigenvalue weighted by molar-refractivity contribution is 5.77. The zero-order valence-corrected chi connectivity index (χ0v) is 11.1. The Morgan fingerprint density at radius 3 is 2.75 bits per heavy atom. The molecule has 0 bridgehead atoms. The number of methoxy groups -OCH3 is 1. The first-order valence-electron chi connectivity index (χ1n) is 6.05. The predicted molar refractivity (Wildman–Crippen MR) is 74.5 cm³/mol. The number of ether oxygens (including phenoxy) is 1. The van der Waals surface area contributed by atoms with Gasteiger partial charge in [-0.25, -0.2) is 14.4 Å². The van der Waals surface area contributed by atoms with E-state index in [9.17, 15) is 4.39 Å². The maximum absolute atomic E-state index is 14.1. The van der Waals surface area contributed by atoms with E-state index in [1.54, 1.807) is 12.1 Å². The number of aryl methyl sites for hydroxylation is 1. The Bertz CT molecular complexity index is 797. The van der Waals surface area contributed by atoms with Crippen LogP contribution in [0.15, 0.2) is 30.3 Å². The minimum atomic E-state index is -0.417. The van der Waals surface area contributed by atoms with Crippen LogP contribution in [0.5, 0.6) is 5.75 Å². The Kier molecular flexibility index (Phi) is 2.78. The quantitative estimate of drug-likeness (QED) is 0.778. The van der Waals surface area contributed by atoms with Crippen molar-refractivity contribution in [3.63, 3.8) is 0 Å². The van der Waals surface area contributed by atoms with Gasteiger partial charge in [-0.1, -0.05) is 0 Å². The Hall–Kier alpha value is -2.63. The van der Waals surface area contributed by atoms with Gasteiger partial charge < -0.3 is 10.5 Å². The zero-order valence-electron chi connectivity index (χ0n) is 11.1. The van der Waals surface area contributed by atoms with Crippen LogP contribution in [0.25, 0.3) is 16.9 Å². The van der Waals surface area contributed by atoms with E-state index in [4.69, 9.17) is 10.5 Å². The molecule has 0 atom stereocenters. The summed E-state index contributed by atoms with van der Waals surface area (Å²) in [5.41, 5.74) is 8.12. The van der Waals surface area contributed by atoms with Crippen molar-refractivity contribution in [2.45, 2.75) is 6.92 Å². The Labute approximate surface area is 114 Å². The number of nitrogen functional groups attached to an aromatic ring is 1. The van der Waals surface area contributed by atoms with E-state index in [-0.39, 0.29) is 11.6 Å². The highest BCUT2D eigenvalue weighted by Crippen LogP contribution is 2.26. The van der Waals surface area contributed by atoms with E-state index in [0.717, 1.165) is 5.69 Å². The second-order valence-corrected chi connectivity index (χ2v) is 4.42. The van der Waals surface area contributed by atoms with Crippen LogP contribution in [0.2, 0.25) is 0 Å². The number of fused-ring (bicyclic) bond motifs is 1. The van der Waals surface area contributed by atoms with Crippen molar-refractivity contribution in [1.29, 1.82) is 0 Å². The summed E-state index contributed by atoms with van der Waals surface area (Å²) in [6.07, 6.45) is 0. The standard InChI is InChI=1S/C14H13FN4O/c1-8-3-6-11-13(17-8)19(14(16)18-11)12-7-9(20-2)4-5-10(12)15/h3-7H,1-2H3,(H2,16,18). The average Bonchev–Trinajstić information content (AvgIpc) is 2.75. The fourth-order valence-electron chi connectivity index (χ4n) is 2.10. The molecule has 0 saturated heterocycles. The topological polar surface area (TPSA) is 66.0 Å². The summed E-state index contributed by atoms with van der Waals surface area (Å²) in [5, 5.41) is 0. The second-order valence-electron chi connectivity index (χ2n) is 4.42. The lowest BCUT2D eigenvalue weighted by Gasteiger charge is -2.09. The number of aromatic nitrogens is 3. The zero-order chi connectivity index (χ0) is 14.3. The molecule has 0 saturated carbocycles. The first kappa shape index (κ1) is 12.4. The van der Waals surface area contributed by atoms with Crippen LogP contribution < -0.4 is 10.5 Å². The first-order valence-corrected chi connectivity index (χ1v) is 6.05. The summed E-state index contributed by atoms with van der Waals surface area (Å²) < 4.78 is 20.7. The van der Waals surface area contributed by atoms with Gasteiger partial charge in [0.15, 0.2) is 5.65 Å². The van der Waals surface area contributed by atoms with Crippen molar-refractivity contribution in [3.05, 3.63) is 41.8 Å². The van der Waals surface area contributed by atoms with Crippen molar-refractivity contribution in [3.8, 4) is 11.4 Å². The molecule has 2 aromatic heterocycles. The van der Waals surface area contributed by atoms with Crippen LogP contribution in [0.1, 0.15) is 5.69 Å². The third-order valence-corrected chi connectivity index (χ3v) is 3.06. The molecule has 0 spiro atoms. The molecule has 2 N–H and O–H groups in total. The van der Waals surface area contributed by atoms with Crippen LogP contribution in [-0.2, 0) is 0 Å². The van der Waals surface area contributed by atoms with Crippen LogP contribution in [0.3, 0.4) is 0 Å². The molecule has 1 aromatic carbocycles. The van der Waals surface area contributed by atoms with Crippen LogP contribution in [0, 0.1) is 12.7 Å². The minimum Gasteiger partial charge on any atom is -0.497 e. The normalized spacial score (nSPS) is 10.9. The fraction of sp³-hybridized carbons (Fsp3) is 0.143. The molecular weight excluding hydrogens is 259 g/mol. The van der Waals surface area contributed by atoms with Gasteiger partial charge in [0, 0.05) is 11.8 Å². The Morgan fingerprint density at radius 2 is 2.00 bits per heavy atom. The highest BCUT2D eigenvalue weighted by Gasteiger charge is 2.15. The summed E-state index contributed by atoms with van der Waals surface area (Å²) in [4.78, 5) is 8.58. The molecule has 0 amide bonds. The van der Waals surface area contributed by atoms with E-state index in [1.165, 1.54) is 17.7 Å². The smallest absolute Gasteiger partial charge is 0.207 e. The van der Waals surface area contributed by atoms with Crippen molar-refractivity contribution < 1.29 is 9.13 Å². The Balaban J connectivity index is 2.34. The van der Waals surface area contributed by atoms with Crippen LogP contribution >= 0.6 is 0 Å². The van der Waals surface area contributed by atoms with Gasteiger partial charge in [0.1, 0.15) is 17.1 Å². The lowest BCUT2D eigenvalue weighted by molar-refractivity contribution is 0.413. The molecule has 2 heterocycles. The van der Waals surface area contributed by atoms with Gasteiger partial charge in [-0.15, -0.1) is 0 Å². The maximum Gasteiger partial charge on any atom is 0.207 e. The van der Waals surface area contributed by atoms with E-state index in [1.807, 2.05) is 19.1 Å². The van der Waals surface area contributed by atoms with Gasteiger partial charge in [0.05, 0.1) is 12.8 Å². The molecule has 0 unspecified atom stereocenters. The number of nitrogens with two attached hydrogens (primary N) is 1. The van der Waals surface area contributed by atoms with Gasteiger partial charge in [-0.3, -0.25) is 4.57 Å². The van der Waals surface area contributed by atoms with Crippen molar-refractivity contribution >= 4 is 17.1 Å². The van der Waals surface area contributed by atoms with E-state index in [0.29, 0.717) is 16.9 Å². The molecule has 20 heavy (non-hydrogen) atoms. The third kappa shape index (κ3) is 1.85. The highest BCUT2D eigenvalue weighted by atomic mass is 19.1. The lowest BCUT2D eigenvalue weighted by Crippen LogP contribution is -2.04. The van der Waals surface area contributed by atoms with E-state index in [2.05, 4.69) is 9.97 Å². The van der Waals surface area contributed by atoms with Gasteiger partial charge in [0.25, 0.3) is 0 Å². The summed E-state index contributed by atoms with van der Waals surface area (Å²) in [5.74, 6) is 0.306. The minimum absolute atomic E-state index is 0.185. The average molecular weight is 272 g/mol. The molecule has 6 heteroatoms. The largest absolute Gasteiger partial charge is 0.497 e. The molecule has 0 aliphatic carbocycles. The molecular formula is C14H13FN4O. The number of nitrogens with zero attached hydrogens (tertiary/aromatic N) is 3. The van der Waals surface area contributed by atoms with E-state index < -0.39 is 5.82 Å². The molecule has 5 nitrogen and oxygen atoms in total. The molecule has 0 radical (unpaired) electrons. The summed E-state index contributed by atoms with van der Waals surface area (Å²) >= 11 is 0. The lowest BCUT2D eigenvalue weighted by atomic mass is 10.2. The van der Waals surface area contributed by atoms with Crippen LogP contribution in [-0.4, -0.2) is 21.6 Å². The number of imidazole rings is 1. The van der Waals surface area contributed by atoms with Crippen molar-refractivity contribution in [1.82, 2.24) is 14.5 Å². The fourth-order valence-corrected chi connectivity index (χ4v) is 2.10. The second kappa shape index (κ2) is 4.48. The summed E-state index contributed by atoms with van der Waals surface area (Å²) in [7, 11) is 1.52. The monoisotopic (exact) mass is 272 g/mol. The number of halogens is 1. The van der Waals surface area contributed by atoms with E-state index >= 15 is 0 Å². The number of hydrogen-bond acceptors (Lipinski definition) is 4. The number of rotatable bonds is 2. The van der Waals surface area contributed by atoms with Gasteiger partial charge in [-0.05, 0) is 31.2 Å². The molecule has 102 valence electrons. The SMILES string of the molecule is COc1ccc(F)c(-n2c(N)nc3ccc(C)nc32)c1. The predicted octanol–water partition coefficient (Wildman–Crippen LogP) is 2.46. The third-order valence-electron chi connectivity index (χ3n) is 3.06. The number of hydrogen-bond donors (Lipinski definition) is 1. The van der Waals surface area contributed by atoms with Crippen molar-refractivity contribution in [2.24, 2.45) is 0 Å². The first-order chi connectivity index (χ1) is 9.60. The number of pyridine rings is 1. The maximum atomic E-state index is 14.1. The molecule has 0 aliphatic heterocycles. The van der Waals surface area contributed by atoms with Gasteiger partial charge >= 0.3 is 0 Å². The molecule has 0 aliphatic rings. The summed E-state index contributed by atoms with van der Waals surface area (Å²) in [6, 6.07) is 8.09.